The average Bonchev–Trinajstić information content (AvgIpc) is 3.54. The Kier molecular flexibility index (Phi) is 6.71. The van der Waals surface area contributed by atoms with Crippen LogP contribution in [0, 0.1) is 12.7 Å². The van der Waals surface area contributed by atoms with Gasteiger partial charge in [0.05, 0.1) is 17.8 Å². The highest BCUT2D eigenvalue weighted by Gasteiger charge is 2.50. The van der Waals surface area contributed by atoms with E-state index in [1.165, 1.54) is 6.07 Å². The highest BCUT2D eigenvalue weighted by atomic mass is 19.1. The van der Waals surface area contributed by atoms with Gasteiger partial charge < -0.3 is 19.4 Å². The van der Waals surface area contributed by atoms with Crippen molar-refractivity contribution in [2.45, 2.75) is 102 Å². The van der Waals surface area contributed by atoms with Gasteiger partial charge in [0.1, 0.15) is 11.5 Å². The maximum Gasteiger partial charge on any atom is 0.410 e. The van der Waals surface area contributed by atoms with E-state index in [0.717, 1.165) is 68.6 Å². The maximum atomic E-state index is 14.6. The molecule has 5 heterocycles. The number of aryl methyl sites for hydroxylation is 1. The normalized spacial score (nSPS) is 25.9. The number of rotatable bonds is 3. The topological polar surface area (TPSA) is 70.9 Å². The zero-order valence-corrected chi connectivity index (χ0v) is 24.5. The number of hydrogen-bond donors (Lipinski definition) is 0. The molecular formula is C31H42FN5O3. The number of ether oxygens (including phenoxy) is 1. The molecule has 2 bridgehead atoms. The number of fused-ring (bicyclic) bond motifs is 4. The van der Waals surface area contributed by atoms with Gasteiger partial charge in [0.2, 0.25) is 0 Å². The first-order valence-electron chi connectivity index (χ1n) is 14.9. The SMILES string of the molecule is CCOC(=O)N1C2CCC1CC(N1CCC3(CC1)CN(C(=O)c1cc(C)nn1C(C)(C)C)c1ccc(F)cc13)C2. The van der Waals surface area contributed by atoms with Crippen LogP contribution in [0.4, 0.5) is 14.9 Å². The molecule has 6 rings (SSSR count). The van der Waals surface area contributed by atoms with Crippen molar-refractivity contribution in [1.29, 1.82) is 0 Å². The second kappa shape index (κ2) is 9.86. The number of aromatic nitrogens is 2. The molecule has 1 spiro atoms. The zero-order valence-electron chi connectivity index (χ0n) is 24.5. The zero-order chi connectivity index (χ0) is 28.4. The van der Waals surface area contributed by atoms with Crippen molar-refractivity contribution in [2.75, 3.05) is 31.1 Å². The summed E-state index contributed by atoms with van der Waals surface area (Å²) in [5.41, 5.74) is 2.55. The van der Waals surface area contributed by atoms with Gasteiger partial charge >= 0.3 is 6.09 Å². The van der Waals surface area contributed by atoms with Crippen LogP contribution in [-0.2, 0) is 15.7 Å². The lowest BCUT2D eigenvalue weighted by Gasteiger charge is -2.47. The number of piperidine rings is 2. The molecule has 2 aromatic rings. The Bertz CT molecular complexity index is 1290. The number of hydrogen-bond acceptors (Lipinski definition) is 5. The second-order valence-corrected chi connectivity index (χ2v) is 13.2. The second-order valence-electron chi connectivity index (χ2n) is 13.2. The summed E-state index contributed by atoms with van der Waals surface area (Å²) in [6, 6.07) is 7.71. The molecule has 1 aromatic heterocycles. The van der Waals surface area contributed by atoms with Crippen molar-refractivity contribution in [2.24, 2.45) is 0 Å². The molecule has 40 heavy (non-hydrogen) atoms. The molecule has 216 valence electrons. The number of halogens is 1. The number of likely N-dealkylation sites (tertiary alicyclic amines) is 1. The molecule has 0 aliphatic carbocycles. The molecule has 3 fully saturated rings. The van der Waals surface area contributed by atoms with Crippen LogP contribution in [0.2, 0.25) is 0 Å². The minimum absolute atomic E-state index is 0.0781. The quantitative estimate of drug-likeness (QED) is 0.522. The summed E-state index contributed by atoms with van der Waals surface area (Å²) in [7, 11) is 0. The fourth-order valence-electron chi connectivity index (χ4n) is 7.81. The lowest BCUT2D eigenvalue weighted by Crippen LogP contribution is -2.55. The van der Waals surface area contributed by atoms with Gasteiger partial charge in [0.15, 0.2) is 0 Å². The number of amides is 2. The van der Waals surface area contributed by atoms with Crippen LogP contribution in [0.3, 0.4) is 0 Å². The van der Waals surface area contributed by atoms with Crippen LogP contribution in [0.1, 0.15) is 88.0 Å². The van der Waals surface area contributed by atoms with Gasteiger partial charge in [-0.25, -0.2) is 9.18 Å². The van der Waals surface area contributed by atoms with E-state index in [-0.39, 0.29) is 40.9 Å². The first-order chi connectivity index (χ1) is 19.0. The Hall–Kier alpha value is -2.94. The molecule has 9 heteroatoms. The van der Waals surface area contributed by atoms with E-state index in [1.54, 1.807) is 12.1 Å². The minimum atomic E-state index is -0.337. The minimum Gasteiger partial charge on any atom is -0.450 e. The van der Waals surface area contributed by atoms with Crippen molar-refractivity contribution in [1.82, 2.24) is 19.6 Å². The number of nitrogens with zero attached hydrogens (tertiary/aromatic N) is 5. The Morgan fingerprint density at radius 2 is 1.75 bits per heavy atom. The monoisotopic (exact) mass is 551 g/mol. The summed E-state index contributed by atoms with van der Waals surface area (Å²) >= 11 is 0. The fraction of sp³-hybridized carbons (Fsp3) is 0.645. The third-order valence-electron chi connectivity index (χ3n) is 9.67. The number of carbonyl (C=O) groups is 2. The van der Waals surface area contributed by atoms with E-state index in [2.05, 4.69) is 10.00 Å². The van der Waals surface area contributed by atoms with Crippen molar-refractivity contribution >= 4 is 17.7 Å². The largest absolute Gasteiger partial charge is 0.450 e. The predicted octanol–water partition coefficient (Wildman–Crippen LogP) is 5.23. The van der Waals surface area contributed by atoms with Crippen molar-refractivity contribution in [3.63, 3.8) is 0 Å². The summed E-state index contributed by atoms with van der Waals surface area (Å²) in [5, 5.41) is 4.62. The van der Waals surface area contributed by atoms with E-state index in [9.17, 15) is 14.0 Å². The van der Waals surface area contributed by atoms with Gasteiger partial charge in [0.25, 0.3) is 5.91 Å². The van der Waals surface area contributed by atoms with E-state index in [4.69, 9.17) is 4.74 Å². The summed E-state index contributed by atoms with van der Waals surface area (Å²) in [6.07, 6.45) is 5.64. The molecule has 3 saturated heterocycles. The highest BCUT2D eigenvalue weighted by Crippen LogP contribution is 2.49. The predicted molar refractivity (Wildman–Crippen MR) is 151 cm³/mol. The number of benzene rings is 1. The molecule has 0 N–H and O–H groups in total. The molecule has 2 amide bonds. The summed E-state index contributed by atoms with van der Waals surface area (Å²) in [6.45, 7) is 12.7. The molecule has 4 aliphatic rings. The lowest BCUT2D eigenvalue weighted by molar-refractivity contribution is 0.0281. The molecule has 1 aromatic carbocycles. The van der Waals surface area contributed by atoms with Crippen LogP contribution in [0.5, 0.6) is 0 Å². The fourth-order valence-corrected chi connectivity index (χ4v) is 7.81. The Morgan fingerprint density at radius 1 is 1.07 bits per heavy atom. The van der Waals surface area contributed by atoms with Gasteiger partial charge in [-0.3, -0.25) is 9.48 Å². The van der Waals surface area contributed by atoms with E-state index < -0.39 is 0 Å². The molecule has 8 nitrogen and oxygen atoms in total. The van der Waals surface area contributed by atoms with Crippen LogP contribution in [0.25, 0.3) is 0 Å². The standard InChI is InChI=1S/C31H42FN5O3/c1-6-40-29(39)36-22-8-9-23(36)18-24(17-22)34-13-11-31(12-14-34)19-35(26-10-7-21(32)16-25(26)31)28(38)27-15-20(2)33-37(27)30(3,4)5/h7,10,15-16,22-24H,6,8-9,11-14,17-19H2,1-5H3. The molecule has 2 atom stereocenters. The van der Waals surface area contributed by atoms with E-state index >= 15 is 0 Å². The summed E-state index contributed by atoms with van der Waals surface area (Å²) in [4.78, 5) is 33.0. The van der Waals surface area contributed by atoms with Crippen molar-refractivity contribution < 1.29 is 18.7 Å². The highest BCUT2D eigenvalue weighted by molar-refractivity contribution is 6.07. The van der Waals surface area contributed by atoms with Crippen LogP contribution < -0.4 is 4.90 Å². The lowest BCUT2D eigenvalue weighted by atomic mass is 9.73. The third-order valence-corrected chi connectivity index (χ3v) is 9.67. The molecule has 4 aliphatic heterocycles. The summed E-state index contributed by atoms with van der Waals surface area (Å²) < 4.78 is 21.8. The maximum absolute atomic E-state index is 14.6. The number of carbonyl (C=O) groups excluding carboxylic acids is 2. The van der Waals surface area contributed by atoms with Crippen LogP contribution in [-0.4, -0.2) is 75.9 Å². The van der Waals surface area contributed by atoms with Gasteiger partial charge in [0, 0.05) is 35.8 Å². The van der Waals surface area contributed by atoms with Crippen LogP contribution >= 0.6 is 0 Å². The van der Waals surface area contributed by atoms with Gasteiger partial charge in [-0.05, 0) is 116 Å². The Morgan fingerprint density at radius 3 is 2.38 bits per heavy atom. The van der Waals surface area contributed by atoms with E-state index in [0.29, 0.717) is 24.9 Å². The molecule has 2 unspecified atom stereocenters. The molecule has 0 saturated carbocycles. The van der Waals surface area contributed by atoms with E-state index in [1.807, 2.05) is 55.2 Å². The van der Waals surface area contributed by atoms with Crippen LogP contribution in [0.15, 0.2) is 24.3 Å². The van der Waals surface area contributed by atoms with Gasteiger partial charge in [-0.1, -0.05) is 0 Å². The Balaban J connectivity index is 1.21. The summed E-state index contributed by atoms with van der Waals surface area (Å²) in [5.74, 6) is -0.334. The average molecular weight is 552 g/mol. The van der Waals surface area contributed by atoms with Crippen molar-refractivity contribution in [3.05, 3.63) is 47.0 Å². The molecule has 0 radical (unpaired) electrons. The molecular weight excluding hydrogens is 509 g/mol. The smallest absolute Gasteiger partial charge is 0.410 e. The van der Waals surface area contributed by atoms with Gasteiger partial charge in [-0.2, -0.15) is 5.10 Å². The first-order valence-corrected chi connectivity index (χ1v) is 14.9. The third kappa shape index (κ3) is 4.50. The first kappa shape index (κ1) is 27.2. The van der Waals surface area contributed by atoms with Gasteiger partial charge in [-0.15, -0.1) is 0 Å². The van der Waals surface area contributed by atoms with Crippen molar-refractivity contribution in [3.8, 4) is 0 Å². The Labute approximate surface area is 236 Å². The number of anilines is 1.